The Kier molecular flexibility index (Phi) is 21.8. The summed E-state index contributed by atoms with van der Waals surface area (Å²) in [5, 5.41) is 62.0. The fourth-order valence-corrected chi connectivity index (χ4v) is 18.7. The molecule has 1 amide bonds. The molecule has 2 aromatic rings. The minimum absolute atomic E-state index is 0.0913. The molecular formula is C56H92ClN2O11P. The van der Waals surface area contributed by atoms with E-state index < -0.39 is 77.8 Å². The van der Waals surface area contributed by atoms with Crippen LogP contribution in [-0.2, 0) is 28.5 Å². The van der Waals surface area contributed by atoms with Crippen LogP contribution >= 0.6 is 17.2 Å². The van der Waals surface area contributed by atoms with Gasteiger partial charge in [-0.15, -0.1) is 0 Å². The van der Waals surface area contributed by atoms with Gasteiger partial charge >= 0.3 is 194 Å². The molecule has 0 unspecified atom stereocenters. The molecule has 3 saturated heterocycles. The maximum atomic E-state index is 14.3. The summed E-state index contributed by atoms with van der Waals surface area (Å²) in [6, 6.07) is 20.2. The molecule has 3 aliphatic rings. The van der Waals surface area contributed by atoms with Crippen molar-refractivity contribution < 1.29 is 54.1 Å². The molecule has 0 aliphatic carbocycles. The molecule has 3 fully saturated rings. The standard InChI is InChI=1S/C56H92ClN2O11P/c1-11-47-56(8,66)51(63)42(6)59(35-38(2)34-55(7,65)52(40(4)49(61)41(5)53(64)69-47)70-54-50(62)46(58(9)10)33-39(3)68-54)48(60)31-25-17-15-13-12-14-16-18-26-32-71(57,45-36-67-37-45,43-27-21-19-22-28-43)44-29-23-20-24-30-44/h19-24,27-30,38-42,45-47,49-52,54,61-63,65-66H,11-18,25-26,31-37H2,1-10H3/t38-,39-,40+,41-,42-,46+,47-,49+,50-,51-,52-,54+,55-,56-/m1/s1. The third kappa shape index (κ3) is 14.0. The van der Waals surface area contributed by atoms with Crippen molar-refractivity contribution in [2.75, 3.05) is 40.0 Å². The van der Waals surface area contributed by atoms with Gasteiger partial charge in [-0.25, -0.2) is 0 Å². The third-order valence-electron chi connectivity index (χ3n) is 16.5. The molecule has 5 rings (SSSR count). The fraction of sp³-hybridized carbons (Fsp3) is 0.750. The van der Waals surface area contributed by atoms with Crippen LogP contribution in [0.5, 0.6) is 0 Å². The van der Waals surface area contributed by atoms with E-state index in [-0.39, 0.29) is 49.8 Å². The Morgan fingerprint density at radius 1 is 0.831 bits per heavy atom. The Bertz CT molecular complexity index is 1900. The number of hydrogen-bond acceptors (Lipinski definition) is 12. The largest absolute Gasteiger partial charge is 0.388 e. The zero-order valence-corrected chi connectivity index (χ0v) is 46.4. The average Bonchev–Trinajstić information content (AvgIpc) is 3.32. The van der Waals surface area contributed by atoms with Crippen LogP contribution in [0.15, 0.2) is 60.7 Å². The number of halogens is 1. The molecule has 0 radical (unpaired) electrons. The van der Waals surface area contributed by atoms with Crippen LogP contribution in [-0.4, -0.2) is 159 Å². The molecule has 0 aromatic heterocycles. The molecule has 3 aliphatic heterocycles. The second kappa shape index (κ2) is 26.0. The summed E-state index contributed by atoms with van der Waals surface area (Å²) in [5.74, 6) is -6.38. The van der Waals surface area contributed by atoms with Crippen molar-refractivity contribution in [1.82, 2.24) is 9.80 Å². The van der Waals surface area contributed by atoms with E-state index in [9.17, 15) is 35.1 Å². The number of rotatable bonds is 19. The van der Waals surface area contributed by atoms with Crippen LogP contribution in [0.1, 0.15) is 139 Å². The molecule has 14 atom stereocenters. The van der Waals surface area contributed by atoms with Crippen LogP contribution < -0.4 is 10.6 Å². The quantitative estimate of drug-likeness (QED) is 0.0532. The molecule has 3 heterocycles. The zero-order chi connectivity index (χ0) is 52.3. The zero-order valence-electron chi connectivity index (χ0n) is 44.7. The Morgan fingerprint density at radius 3 is 1.87 bits per heavy atom. The predicted molar refractivity (Wildman–Crippen MR) is 285 cm³/mol. The van der Waals surface area contributed by atoms with Crippen molar-refractivity contribution in [3.63, 3.8) is 0 Å². The maximum absolute atomic E-state index is 14.3. The van der Waals surface area contributed by atoms with Gasteiger partial charge in [0.1, 0.15) is 23.9 Å². The van der Waals surface area contributed by atoms with Gasteiger partial charge in [0, 0.05) is 18.5 Å². The summed E-state index contributed by atoms with van der Waals surface area (Å²) in [4.78, 5) is 31.6. The van der Waals surface area contributed by atoms with Gasteiger partial charge in [-0.3, -0.25) is 9.59 Å². The van der Waals surface area contributed by atoms with Crippen molar-refractivity contribution in [2.24, 2.45) is 17.8 Å². The van der Waals surface area contributed by atoms with Gasteiger partial charge in [0.25, 0.3) is 0 Å². The number of aliphatic hydroxyl groups excluding tert-OH is 3. The SMILES string of the molecule is CC[C@H]1OC(=O)[C@H](C)[C@@H](O)[C@H](C)[C@@H](O[C@@H]2O[C@H](C)C[C@H](N(C)C)[C@H]2O)[C@](C)(O)C[C@@H](C)CN(C(=O)CCCCCCCCCCCP(Cl)(c2ccccc2)(c2ccccc2)C2COC2)[C@H](C)[C@@H](O)[C@]1(C)O. The van der Waals surface area contributed by atoms with Crippen molar-refractivity contribution in [3.05, 3.63) is 60.7 Å². The van der Waals surface area contributed by atoms with Gasteiger partial charge in [-0.05, 0) is 73.9 Å². The Labute approximate surface area is 431 Å². The van der Waals surface area contributed by atoms with E-state index >= 15 is 0 Å². The molecule has 404 valence electrons. The van der Waals surface area contributed by atoms with E-state index in [2.05, 4.69) is 60.7 Å². The number of benzene rings is 2. The number of unbranched alkanes of at least 4 members (excludes halogenated alkanes) is 8. The number of nitrogens with zero attached hydrogens (tertiary/aromatic N) is 2. The van der Waals surface area contributed by atoms with Crippen LogP contribution in [0.2, 0.25) is 0 Å². The van der Waals surface area contributed by atoms with Gasteiger partial charge in [0.15, 0.2) is 6.29 Å². The van der Waals surface area contributed by atoms with E-state index in [1.807, 2.05) is 32.8 Å². The first-order valence-corrected chi connectivity index (χ1v) is 30.3. The summed E-state index contributed by atoms with van der Waals surface area (Å²) >= 11 is 8.17. The number of carbonyl (C=O) groups excluding carboxylic acids is 2. The molecule has 13 nitrogen and oxygen atoms in total. The number of amides is 1. The van der Waals surface area contributed by atoms with E-state index in [4.69, 9.17) is 30.2 Å². The van der Waals surface area contributed by atoms with Crippen molar-refractivity contribution in [2.45, 2.75) is 211 Å². The molecular weight excluding hydrogens is 943 g/mol. The van der Waals surface area contributed by atoms with Gasteiger partial charge in [-0.2, -0.15) is 0 Å². The maximum Gasteiger partial charge on any atom is 0.126 e. The molecule has 0 bridgehead atoms. The molecule has 71 heavy (non-hydrogen) atoms. The van der Waals surface area contributed by atoms with Crippen LogP contribution in [0, 0.1) is 17.8 Å². The summed E-state index contributed by atoms with van der Waals surface area (Å²) in [6.45, 7) is 15.0. The summed E-state index contributed by atoms with van der Waals surface area (Å²) < 4.78 is 24.3. The normalized spacial score (nSPS) is 34.6. The van der Waals surface area contributed by atoms with Crippen molar-refractivity contribution >= 4 is 39.7 Å². The number of aliphatic hydroxyl groups is 5. The molecule has 5 N–H and O–H groups in total. The molecule has 0 saturated carbocycles. The summed E-state index contributed by atoms with van der Waals surface area (Å²) in [7, 11) is 3.74. The van der Waals surface area contributed by atoms with Gasteiger partial charge in [0.05, 0.1) is 35.9 Å². The average molecular weight is 1040 g/mol. The number of esters is 1. The minimum atomic E-state index is -3.04. The number of ether oxygens (including phenoxy) is 4. The summed E-state index contributed by atoms with van der Waals surface area (Å²) in [5.41, 5.74) is -3.32. The Hall–Kier alpha value is -2.26. The monoisotopic (exact) mass is 1030 g/mol. The van der Waals surface area contributed by atoms with Crippen molar-refractivity contribution in [1.29, 1.82) is 0 Å². The second-order valence-corrected chi connectivity index (χ2v) is 29.5. The number of hydrogen-bond donors (Lipinski definition) is 5. The van der Waals surface area contributed by atoms with Crippen LogP contribution in [0.4, 0.5) is 0 Å². The van der Waals surface area contributed by atoms with Gasteiger partial charge < -0.3 is 49.5 Å². The number of likely N-dealkylation sites (N-methyl/N-ethyl adjacent to an activating group) is 1. The molecule has 2 aromatic carbocycles. The molecule has 0 spiro atoms. The first-order chi connectivity index (χ1) is 33.5. The molecule has 15 heteroatoms. The predicted octanol–water partition coefficient (Wildman–Crippen LogP) is 7.53. The first-order valence-electron chi connectivity index (χ1n) is 26.9. The summed E-state index contributed by atoms with van der Waals surface area (Å²) in [6.07, 6.45) is 3.41. The number of cyclic esters (lactones) is 1. The fourth-order valence-electron chi connectivity index (χ4n) is 12.0. The number of carbonyl (C=O) groups is 2. The van der Waals surface area contributed by atoms with Crippen molar-refractivity contribution in [3.8, 4) is 0 Å². The van der Waals surface area contributed by atoms with E-state index in [0.29, 0.717) is 31.7 Å². The third-order valence-corrected chi connectivity index (χ3v) is 24.8. The second-order valence-electron chi connectivity index (χ2n) is 22.5. The van der Waals surface area contributed by atoms with E-state index in [1.54, 1.807) is 32.6 Å². The minimum Gasteiger partial charge on any atom is -0.388 e. The van der Waals surface area contributed by atoms with E-state index in [1.165, 1.54) is 24.5 Å². The Morgan fingerprint density at radius 2 is 1.37 bits per heavy atom. The Balaban J connectivity index is 1.21. The van der Waals surface area contributed by atoms with E-state index in [0.717, 1.165) is 57.5 Å². The first kappa shape index (κ1) is 59.6. The van der Waals surface area contributed by atoms with Crippen LogP contribution in [0.25, 0.3) is 0 Å². The smallest absolute Gasteiger partial charge is 0.126 e. The van der Waals surface area contributed by atoms with Gasteiger partial charge in [0.2, 0.25) is 0 Å². The van der Waals surface area contributed by atoms with Crippen LogP contribution in [0.3, 0.4) is 0 Å². The van der Waals surface area contributed by atoms with Gasteiger partial charge in [-0.1, -0.05) is 20.8 Å². The topological polar surface area (TPSA) is 179 Å².